The molecule has 0 aromatic carbocycles. The fourth-order valence-corrected chi connectivity index (χ4v) is 5.92. The summed E-state index contributed by atoms with van der Waals surface area (Å²) in [6, 6.07) is 0.568. The molecule has 1 aromatic rings. The van der Waals surface area contributed by atoms with Crippen molar-refractivity contribution in [2.45, 2.75) is 51.0 Å². The molecule has 4 fully saturated rings. The van der Waals surface area contributed by atoms with E-state index in [1.165, 1.54) is 38.5 Å². The first-order valence-electron chi connectivity index (χ1n) is 8.18. The van der Waals surface area contributed by atoms with E-state index in [2.05, 4.69) is 22.4 Å². The Bertz CT molecular complexity index is 457. The Morgan fingerprint density at radius 1 is 1.25 bits per heavy atom. The molecule has 110 valence electrons. The lowest BCUT2D eigenvalue weighted by molar-refractivity contribution is -0.0728. The van der Waals surface area contributed by atoms with E-state index in [0.29, 0.717) is 11.5 Å². The van der Waals surface area contributed by atoms with Gasteiger partial charge >= 0.3 is 0 Å². The van der Waals surface area contributed by atoms with Crippen LogP contribution in [-0.4, -0.2) is 27.9 Å². The Balaban J connectivity index is 1.59. The van der Waals surface area contributed by atoms with Crippen molar-refractivity contribution in [2.75, 3.05) is 7.05 Å². The van der Waals surface area contributed by atoms with Gasteiger partial charge in [-0.3, -0.25) is 4.68 Å². The maximum absolute atomic E-state index is 4.44. The van der Waals surface area contributed by atoms with E-state index in [1.807, 2.05) is 11.7 Å². The van der Waals surface area contributed by atoms with E-state index in [-0.39, 0.29) is 0 Å². The molecular formula is C16H26N4. The summed E-state index contributed by atoms with van der Waals surface area (Å²) in [6.45, 7) is 0. The molecule has 4 aliphatic carbocycles. The average Bonchev–Trinajstić information content (AvgIpc) is 2.79. The molecule has 4 aliphatic rings. The van der Waals surface area contributed by atoms with Crippen LogP contribution >= 0.6 is 0 Å². The van der Waals surface area contributed by atoms with Crippen molar-refractivity contribution in [1.82, 2.24) is 20.1 Å². The molecule has 5 rings (SSSR count). The zero-order chi connectivity index (χ0) is 13.7. The number of nitrogens with one attached hydrogen (secondary N) is 1. The van der Waals surface area contributed by atoms with Gasteiger partial charge in [0, 0.05) is 19.5 Å². The average molecular weight is 274 g/mol. The summed E-state index contributed by atoms with van der Waals surface area (Å²) < 4.78 is 1.94. The summed E-state index contributed by atoms with van der Waals surface area (Å²) in [6.07, 6.45) is 11.6. The molecule has 4 nitrogen and oxygen atoms in total. The largest absolute Gasteiger partial charge is 0.316 e. The molecule has 1 atom stereocenters. The maximum atomic E-state index is 4.44. The lowest BCUT2D eigenvalue weighted by atomic mass is 9.47. The highest BCUT2D eigenvalue weighted by molar-refractivity contribution is 5.08. The first kappa shape index (κ1) is 12.8. The molecule has 4 heteroatoms. The molecule has 0 amide bonds. The molecule has 1 unspecified atom stereocenters. The summed E-state index contributed by atoms with van der Waals surface area (Å²) in [5.41, 5.74) is 0.537. The zero-order valence-electron chi connectivity index (χ0n) is 12.7. The number of likely N-dealkylation sites (N-methyl/N-ethyl adjacent to an activating group) is 1. The SMILES string of the molecule is CNC(Cc1ncnn1C)C12CC3CC(CC(C3)C1)C2. The lowest BCUT2D eigenvalue weighted by Crippen LogP contribution is -2.56. The summed E-state index contributed by atoms with van der Waals surface area (Å²) in [5, 5.41) is 7.87. The van der Waals surface area contributed by atoms with E-state index >= 15 is 0 Å². The van der Waals surface area contributed by atoms with Gasteiger partial charge in [0.25, 0.3) is 0 Å². The van der Waals surface area contributed by atoms with Gasteiger partial charge in [-0.1, -0.05) is 0 Å². The van der Waals surface area contributed by atoms with Crippen LogP contribution in [0.2, 0.25) is 0 Å². The molecule has 1 heterocycles. The Kier molecular flexibility index (Phi) is 2.92. The number of nitrogens with zero attached hydrogens (tertiary/aromatic N) is 3. The van der Waals surface area contributed by atoms with Gasteiger partial charge in [0.15, 0.2) is 0 Å². The van der Waals surface area contributed by atoms with Gasteiger partial charge in [-0.25, -0.2) is 4.98 Å². The van der Waals surface area contributed by atoms with Crippen LogP contribution in [0, 0.1) is 23.2 Å². The van der Waals surface area contributed by atoms with Crippen LogP contribution in [0.4, 0.5) is 0 Å². The minimum atomic E-state index is 0.537. The summed E-state index contributed by atoms with van der Waals surface area (Å²) in [7, 11) is 4.15. The van der Waals surface area contributed by atoms with Crippen molar-refractivity contribution >= 4 is 0 Å². The van der Waals surface area contributed by atoms with Crippen molar-refractivity contribution in [3.05, 3.63) is 12.2 Å². The van der Waals surface area contributed by atoms with Gasteiger partial charge in [0.05, 0.1) is 0 Å². The number of aromatic nitrogens is 3. The molecule has 0 radical (unpaired) electrons. The Labute approximate surface area is 121 Å². The van der Waals surface area contributed by atoms with Gasteiger partial charge in [0.1, 0.15) is 12.2 Å². The summed E-state index contributed by atoms with van der Waals surface area (Å²) in [5.74, 6) is 4.16. The molecule has 0 saturated heterocycles. The molecule has 0 aliphatic heterocycles. The first-order valence-corrected chi connectivity index (χ1v) is 8.18. The molecular weight excluding hydrogens is 248 g/mol. The van der Waals surface area contributed by atoms with Gasteiger partial charge in [0.2, 0.25) is 0 Å². The Morgan fingerprint density at radius 3 is 2.30 bits per heavy atom. The van der Waals surface area contributed by atoms with E-state index in [9.17, 15) is 0 Å². The molecule has 1 aromatic heterocycles. The second-order valence-electron chi connectivity index (χ2n) is 7.63. The van der Waals surface area contributed by atoms with Crippen LogP contribution in [0.1, 0.15) is 44.3 Å². The Hall–Kier alpha value is -0.900. The highest BCUT2D eigenvalue weighted by Crippen LogP contribution is 2.61. The van der Waals surface area contributed by atoms with Gasteiger partial charge in [-0.05, 0) is 68.7 Å². The topological polar surface area (TPSA) is 42.7 Å². The van der Waals surface area contributed by atoms with Crippen molar-refractivity contribution in [3.63, 3.8) is 0 Å². The second kappa shape index (κ2) is 4.55. The first-order chi connectivity index (χ1) is 9.68. The normalized spacial score (nSPS) is 40.2. The summed E-state index contributed by atoms with van der Waals surface area (Å²) in [4.78, 5) is 4.44. The lowest BCUT2D eigenvalue weighted by Gasteiger charge is -2.59. The smallest absolute Gasteiger partial charge is 0.138 e. The monoisotopic (exact) mass is 274 g/mol. The van der Waals surface area contributed by atoms with Gasteiger partial charge in [-0.15, -0.1) is 0 Å². The quantitative estimate of drug-likeness (QED) is 0.915. The van der Waals surface area contributed by atoms with Crippen LogP contribution in [0.5, 0.6) is 0 Å². The molecule has 1 N–H and O–H groups in total. The number of hydrogen-bond acceptors (Lipinski definition) is 3. The van der Waals surface area contributed by atoms with Crippen molar-refractivity contribution < 1.29 is 0 Å². The third-order valence-corrected chi connectivity index (χ3v) is 6.37. The minimum absolute atomic E-state index is 0.537. The highest BCUT2D eigenvalue weighted by atomic mass is 15.3. The van der Waals surface area contributed by atoms with Crippen LogP contribution in [0.15, 0.2) is 6.33 Å². The fourth-order valence-electron chi connectivity index (χ4n) is 5.92. The predicted octanol–water partition coefficient (Wildman–Crippen LogP) is 2.16. The minimum Gasteiger partial charge on any atom is -0.316 e. The zero-order valence-corrected chi connectivity index (χ0v) is 12.7. The highest BCUT2D eigenvalue weighted by Gasteiger charge is 2.53. The van der Waals surface area contributed by atoms with Crippen LogP contribution in [0.25, 0.3) is 0 Å². The predicted molar refractivity (Wildman–Crippen MR) is 78.2 cm³/mol. The van der Waals surface area contributed by atoms with Crippen molar-refractivity contribution in [1.29, 1.82) is 0 Å². The molecule has 0 spiro atoms. The number of rotatable bonds is 4. The van der Waals surface area contributed by atoms with Crippen molar-refractivity contribution in [3.8, 4) is 0 Å². The van der Waals surface area contributed by atoms with Crippen molar-refractivity contribution in [2.24, 2.45) is 30.2 Å². The van der Waals surface area contributed by atoms with Crippen LogP contribution < -0.4 is 5.32 Å². The Morgan fingerprint density at radius 2 is 1.85 bits per heavy atom. The third-order valence-electron chi connectivity index (χ3n) is 6.37. The molecule has 4 bridgehead atoms. The van der Waals surface area contributed by atoms with E-state index in [0.717, 1.165) is 30.0 Å². The van der Waals surface area contributed by atoms with Crippen LogP contribution in [-0.2, 0) is 13.5 Å². The maximum Gasteiger partial charge on any atom is 0.138 e. The standard InChI is InChI=1S/C16H26N4/c1-17-14(6-15-18-10-19-20(15)2)16-7-11-3-12(8-16)5-13(4-11)9-16/h10-14,17H,3-9H2,1-2H3. The van der Waals surface area contributed by atoms with Gasteiger partial charge in [-0.2, -0.15) is 5.10 Å². The third kappa shape index (κ3) is 1.92. The van der Waals surface area contributed by atoms with E-state index in [4.69, 9.17) is 0 Å². The number of hydrogen-bond donors (Lipinski definition) is 1. The second-order valence-corrected chi connectivity index (χ2v) is 7.63. The summed E-state index contributed by atoms with van der Waals surface area (Å²) >= 11 is 0. The van der Waals surface area contributed by atoms with Crippen LogP contribution in [0.3, 0.4) is 0 Å². The van der Waals surface area contributed by atoms with E-state index in [1.54, 1.807) is 6.33 Å². The molecule has 20 heavy (non-hydrogen) atoms. The molecule has 4 saturated carbocycles. The van der Waals surface area contributed by atoms with Gasteiger partial charge < -0.3 is 5.32 Å². The number of aryl methyl sites for hydroxylation is 1. The fraction of sp³-hybridized carbons (Fsp3) is 0.875. The van der Waals surface area contributed by atoms with E-state index < -0.39 is 0 Å².